The number of methoxy groups -OCH3 is 1. The van der Waals surface area contributed by atoms with Gasteiger partial charge in [0.05, 0.1) is 65.7 Å². The van der Waals surface area contributed by atoms with Crippen molar-refractivity contribution in [2.75, 3.05) is 30.8 Å². The first-order valence-electron chi connectivity index (χ1n) is 10.2. The van der Waals surface area contributed by atoms with Crippen LogP contribution < -0.4 is 15.4 Å². The van der Waals surface area contributed by atoms with Gasteiger partial charge in [-0.3, -0.25) is 14.6 Å². The second kappa shape index (κ2) is 8.56. The molecule has 0 unspecified atom stereocenters. The van der Waals surface area contributed by atoms with E-state index in [1.807, 2.05) is 18.3 Å². The van der Waals surface area contributed by atoms with Crippen LogP contribution in [-0.2, 0) is 4.79 Å². The zero-order valence-electron chi connectivity index (χ0n) is 18.2. The summed E-state index contributed by atoms with van der Waals surface area (Å²) < 4.78 is 6.98. The Labute approximate surface area is 197 Å². The number of fused-ring (bicyclic) bond motifs is 1. The summed E-state index contributed by atoms with van der Waals surface area (Å²) in [6.45, 7) is 1.95. The molecule has 0 saturated carbocycles. The molecule has 1 saturated heterocycles. The van der Waals surface area contributed by atoms with Crippen LogP contribution in [0.25, 0.3) is 15.3 Å². The first-order valence-corrected chi connectivity index (χ1v) is 11.1. The molecule has 11 nitrogen and oxygen atoms in total. The van der Waals surface area contributed by atoms with Gasteiger partial charge in [-0.1, -0.05) is 0 Å². The third-order valence-corrected chi connectivity index (χ3v) is 6.42. The van der Waals surface area contributed by atoms with Gasteiger partial charge in [-0.25, -0.2) is 14.3 Å². The average Bonchev–Trinajstić information content (AvgIpc) is 3.40. The van der Waals surface area contributed by atoms with E-state index in [4.69, 9.17) is 4.74 Å². The lowest BCUT2D eigenvalue weighted by atomic mass is 10.2. The van der Waals surface area contributed by atoms with Gasteiger partial charge in [0, 0.05) is 12.4 Å². The minimum absolute atomic E-state index is 0.0105. The number of ketones is 1. The number of nitrogens with zero attached hydrogens (tertiary/aromatic N) is 5. The molecule has 4 aromatic heterocycles. The number of pyridine rings is 2. The van der Waals surface area contributed by atoms with Gasteiger partial charge in [0.1, 0.15) is 4.83 Å². The highest BCUT2D eigenvalue weighted by Gasteiger charge is 2.28. The lowest BCUT2D eigenvalue weighted by Gasteiger charge is -2.29. The van der Waals surface area contributed by atoms with E-state index in [9.17, 15) is 14.4 Å². The lowest BCUT2D eigenvalue weighted by molar-refractivity contribution is -0.126. The minimum Gasteiger partial charge on any atom is -0.481 e. The van der Waals surface area contributed by atoms with Gasteiger partial charge in [-0.05, 0) is 25.1 Å². The van der Waals surface area contributed by atoms with Crippen LogP contribution in [0.5, 0.6) is 5.88 Å². The fourth-order valence-electron chi connectivity index (χ4n) is 3.45. The van der Waals surface area contributed by atoms with Crippen LogP contribution in [0.3, 0.4) is 0 Å². The van der Waals surface area contributed by atoms with Crippen LogP contribution >= 0.6 is 11.3 Å². The maximum atomic E-state index is 13.1. The van der Waals surface area contributed by atoms with Crippen molar-refractivity contribution in [1.82, 2.24) is 24.5 Å². The summed E-state index contributed by atoms with van der Waals surface area (Å²) in [5.41, 5.74) is 2.65. The molecule has 0 bridgehead atoms. The molecule has 2 N–H and O–H groups in total. The number of urea groups is 1. The van der Waals surface area contributed by atoms with Crippen molar-refractivity contribution in [2.24, 2.45) is 0 Å². The van der Waals surface area contributed by atoms with Crippen molar-refractivity contribution >= 4 is 45.3 Å². The predicted molar refractivity (Wildman–Crippen MR) is 125 cm³/mol. The standard InChI is InChI=1S/C22H19N7O4S/c1-12-17(6-13(7-24-12)26-22(32)28-9-14(30)10-28)27-19(31)16-8-25-29-11-18(34-21(16)29)15-4-3-5-23-20(15)33-2/h3-8,11H,9-10H2,1-2H3,(H,26,32)(H,27,31). The van der Waals surface area contributed by atoms with E-state index in [1.165, 1.54) is 28.6 Å². The highest BCUT2D eigenvalue weighted by atomic mass is 32.1. The Kier molecular flexibility index (Phi) is 5.42. The maximum Gasteiger partial charge on any atom is 0.322 e. The zero-order chi connectivity index (χ0) is 23.8. The topological polar surface area (TPSA) is 131 Å². The number of hydrogen-bond acceptors (Lipinski definition) is 8. The third-order valence-electron chi connectivity index (χ3n) is 5.28. The van der Waals surface area contributed by atoms with Gasteiger partial charge in [0.2, 0.25) is 5.88 Å². The minimum atomic E-state index is -0.391. The van der Waals surface area contributed by atoms with Crippen LogP contribution in [0.2, 0.25) is 0 Å². The number of carbonyl (C=O) groups excluding carboxylic acids is 3. The Hall–Kier alpha value is -4.32. The molecule has 172 valence electrons. The van der Waals surface area contributed by atoms with Crippen LogP contribution in [0.4, 0.5) is 16.2 Å². The van der Waals surface area contributed by atoms with Gasteiger partial charge < -0.3 is 20.3 Å². The highest BCUT2D eigenvalue weighted by molar-refractivity contribution is 7.21. The maximum absolute atomic E-state index is 13.1. The number of anilines is 2. The molecule has 5 heterocycles. The molecule has 0 atom stereocenters. The van der Waals surface area contributed by atoms with E-state index < -0.39 is 6.03 Å². The van der Waals surface area contributed by atoms with Gasteiger partial charge >= 0.3 is 6.03 Å². The second-order valence-electron chi connectivity index (χ2n) is 7.60. The van der Waals surface area contributed by atoms with Crippen molar-refractivity contribution in [2.45, 2.75) is 6.92 Å². The van der Waals surface area contributed by atoms with Gasteiger partial charge in [0.15, 0.2) is 5.78 Å². The van der Waals surface area contributed by atoms with Crippen LogP contribution in [0.1, 0.15) is 16.1 Å². The summed E-state index contributed by atoms with van der Waals surface area (Å²) in [6.07, 6.45) is 6.46. The molecular formula is C22H19N7O4S. The number of ether oxygens (including phenoxy) is 1. The first-order chi connectivity index (χ1) is 16.4. The number of aromatic nitrogens is 4. The number of thiazole rings is 1. The molecule has 34 heavy (non-hydrogen) atoms. The van der Waals surface area contributed by atoms with Crippen LogP contribution in [0, 0.1) is 6.92 Å². The number of amides is 3. The summed E-state index contributed by atoms with van der Waals surface area (Å²) in [5.74, 6) is 0.140. The van der Waals surface area contributed by atoms with E-state index >= 15 is 0 Å². The fraction of sp³-hybridized carbons (Fsp3) is 0.182. The van der Waals surface area contributed by atoms with Crippen LogP contribution in [-0.4, -0.2) is 62.4 Å². The SMILES string of the molecule is COc1ncccc1-c1cn2ncc(C(=O)Nc3cc(NC(=O)N4CC(=O)C4)cnc3C)c2s1. The molecule has 1 aliphatic heterocycles. The molecule has 0 aliphatic carbocycles. The number of nitrogens with one attached hydrogen (secondary N) is 2. The molecule has 0 radical (unpaired) electrons. The van der Waals surface area contributed by atoms with E-state index in [1.54, 1.807) is 30.8 Å². The van der Waals surface area contributed by atoms with Gasteiger partial charge in [-0.15, -0.1) is 11.3 Å². The Balaban J connectivity index is 1.37. The number of likely N-dealkylation sites (tertiary alicyclic amines) is 1. The molecule has 12 heteroatoms. The largest absolute Gasteiger partial charge is 0.481 e. The predicted octanol–water partition coefficient (Wildman–Crippen LogP) is 2.84. The number of carbonyl (C=O) groups is 3. The molecule has 5 rings (SSSR count). The summed E-state index contributed by atoms with van der Waals surface area (Å²) in [4.78, 5) is 47.8. The van der Waals surface area contributed by atoms with E-state index in [0.717, 1.165) is 10.4 Å². The Morgan fingerprint density at radius 2 is 2.00 bits per heavy atom. The monoisotopic (exact) mass is 477 g/mol. The molecule has 1 fully saturated rings. The quantitative estimate of drug-likeness (QED) is 0.452. The summed E-state index contributed by atoms with van der Waals surface area (Å²) in [7, 11) is 1.55. The van der Waals surface area contributed by atoms with Crippen molar-refractivity contribution in [3.8, 4) is 16.3 Å². The average molecular weight is 478 g/mol. The van der Waals surface area contributed by atoms with Crippen molar-refractivity contribution in [1.29, 1.82) is 0 Å². The van der Waals surface area contributed by atoms with Crippen molar-refractivity contribution in [3.63, 3.8) is 0 Å². The van der Waals surface area contributed by atoms with Crippen LogP contribution in [0.15, 0.2) is 43.0 Å². The number of aryl methyl sites for hydroxylation is 1. The van der Waals surface area contributed by atoms with E-state index in [2.05, 4.69) is 25.7 Å². The molecular weight excluding hydrogens is 458 g/mol. The van der Waals surface area contributed by atoms with E-state index in [-0.39, 0.29) is 24.8 Å². The molecule has 1 aliphatic rings. The van der Waals surface area contributed by atoms with Crippen molar-refractivity contribution in [3.05, 3.63) is 54.2 Å². The molecule has 0 spiro atoms. The van der Waals surface area contributed by atoms with Crippen molar-refractivity contribution < 1.29 is 19.1 Å². The van der Waals surface area contributed by atoms with Gasteiger partial charge in [0.25, 0.3) is 5.91 Å². The summed E-state index contributed by atoms with van der Waals surface area (Å²) in [5, 5.41) is 9.84. The lowest BCUT2D eigenvalue weighted by Crippen LogP contribution is -2.52. The summed E-state index contributed by atoms with van der Waals surface area (Å²) >= 11 is 1.39. The third kappa shape index (κ3) is 3.94. The number of Topliss-reactive ketones (excluding diaryl/α,β-unsaturated/α-hetero) is 1. The Bertz CT molecular complexity index is 1440. The Morgan fingerprint density at radius 1 is 1.18 bits per heavy atom. The van der Waals surface area contributed by atoms with E-state index in [0.29, 0.717) is 33.3 Å². The first kappa shape index (κ1) is 21.5. The van der Waals surface area contributed by atoms with Gasteiger partial charge in [-0.2, -0.15) is 5.10 Å². The Morgan fingerprint density at radius 3 is 2.76 bits per heavy atom. The second-order valence-corrected chi connectivity index (χ2v) is 8.63. The number of rotatable bonds is 5. The number of hydrogen-bond donors (Lipinski definition) is 2. The summed E-state index contributed by atoms with van der Waals surface area (Å²) in [6, 6.07) is 4.94. The molecule has 4 aromatic rings. The normalized spacial score (nSPS) is 13.0. The smallest absolute Gasteiger partial charge is 0.322 e. The zero-order valence-corrected chi connectivity index (χ0v) is 19.0. The molecule has 0 aromatic carbocycles. The highest BCUT2D eigenvalue weighted by Crippen LogP contribution is 2.35. The molecule has 3 amide bonds. The fourth-order valence-corrected chi connectivity index (χ4v) is 4.53.